The summed E-state index contributed by atoms with van der Waals surface area (Å²) in [6.07, 6.45) is 4.38. The number of hydrogen-bond donors (Lipinski definition) is 1. The van der Waals surface area contributed by atoms with Gasteiger partial charge in [0.05, 0.1) is 6.10 Å². The van der Waals surface area contributed by atoms with E-state index < -0.39 is 0 Å². The first-order valence-electron chi connectivity index (χ1n) is 6.46. The Hall–Kier alpha value is -0.0800. The molecule has 2 fully saturated rings. The minimum absolute atomic E-state index is 0.470. The summed E-state index contributed by atoms with van der Waals surface area (Å²) in [5.74, 6) is 1.64. The molecular formula is C13H25NO. The van der Waals surface area contributed by atoms with Crippen molar-refractivity contribution < 1.29 is 4.74 Å². The fourth-order valence-corrected chi connectivity index (χ4v) is 3.70. The topological polar surface area (TPSA) is 21.3 Å². The van der Waals surface area contributed by atoms with Gasteiger partial charge in [-0.15, -0.1) is 0 Å². The van der Waals surface area contributed by atoms with Gasteiger partial charge < -0.3 is 10.1 Å². The molecule has 2 saturated heterocycles. The van der Waals surface area contributed by atoms with Gasteiger partial charge in [0.25, 0.3) is 0 Å². The maximum atomic E-state index is 5.71. The lowest BCUT2D eigenvalue weighted by atomic mass is 9.61. The number of rotatable bonds is 1. The van der Waals surface area contributed by atoms with Crippen LogP contribution in [0.3, 0.4) is 0 Å². The van der Waals surface area contributed by atoms with Gasteiger partial charge in [-0.05, 0) is 56.5 Å². The van der Waals surface area contributed by atoms with E-state index in [1.165, 1.54) is 32.4 Å². The van der Waals surface area contributed by atoms with Crippen LogP contribution in [-0.4, -0.2) is 25.8 Å². The lowest BCUT2D eigenvalue weighted by molar-refractivity contribution is -0.0845. The van der Waals surface area contributed by atoms with E-state index in [2.05, 4.69) is 26.1 Å². The maximum absolute atomic E-state index is 5.71. The molecule has 0 amide bonds. The quantitative estimate of drug-likeness (QED) is 0.719. The third-order valence-electron chi connectivity index (χ3n) is 4.45. The van der Waals surface area contributed by atoms with Gasteiger partial charge in [0.1, 0.15) is 0 Å². The summed E-state index contributed by atoms with van der Waals surface area (Å²) in [6, 6.07) is 0. The predicted octanol–water partition coefficient (Wildman–Crippen LogP) is 2.44. The number of piperidine rings is 1. The van der Waals surface area contributed by atoms with E-state index in [0.29, 0.717) is 11.5 Å². The summed E-state index contributed by atoms with van der Waals surface area (Å²) in [5, 5.41) is 3.56. The fourth-order valence-electron chi connectivity index (χ4n) is 3.70. The zero-order valence-corrected chi connectivity index (χ0v) is 10.4. The molecule has 1 N–H and O–H groups in total. The van der Waals surface area contributed by atoms with Gasteiger partial charge in [-0.2, -0.15) is 0 Å². The first kappa shape index (κ1) is 11.4. The second kappa shape index (κ2) is 4.42. The van der Waals surface area contributed by atoms with Crippen molar-refractivity contribution in [3.05, 3.63) is 0 Å². The largest absolute Gasteiger partial charge is 0.378 e. The molecular weight excluding hydrogens is 186 g/mol. The van der Waals surface area contributed by atoms with E-state index in [1.807, 2.05) is 0 Å². The van der Waals surface area contributed by atoms with E-state index in [4.69, 9.17) is 4.74 Å². The van der Waals surface area contributed by atoms with Crippen molar-refractivity contribution in [3.8, 4) is 0 Å². The highest BCUT2D eigenvalue weighted by atomic mass is 16.5. The van der Waals surface area contributed by atoms with Crippen molar-refractivity contribution >= 4 is 0 Å². The van der Waals surface area contributed by atoms with Gasteiger partial charge in [-0.1, -0.05) is 13.8 Å². The molecule has 0 aromatic heterocycles. The summed E-state index contributed by atoms with van der Waals surface area (Å²) in [5.41, 5.74) is 0.580. The van der Waals surface area contributed by atoms with Crippen LogP contribution in [0.5, 0.6) is 0 Å². The Balaban J connectivity index is 2.13. The Morgan fingerprint density at radius 2 is 2.13 bits per heavy atom. The Labute approximate surface area is 93.8 Å². The zero-order chi connectivity index (χ0) is 10.9. The van der Waals surface area contributed by atoms with E-state index in [9.17, 15) is 0 Å². The third kappa shape index (κ3) is 2.21. The van der Waals surface area contributed by atoms with Crippen LogP contribution in [0, 0.1) is 17.3 Å². The van der Waals surface area contributed by atoms with Gasteiger partial charge in [0.2, 0.25) is 0 Å². The van der Waals surface area contributed by atoms with Gasteiger partial charge >= 0.3 is 0 Å². The fraction of sp³-hybridized carbons (Fsp3) is 1.00. The maximum Gasteiger partial charge on any atom is 0.0552 e. The predicted molar refractivity (Wildman–Crippen MR) is 62.9 cm³/mol. The Bertz CT molecular complexity index is 213. The molecule has 2 rings (SSSR count). The van der Waals surface area contributed by atoms with Crippen molar-refractivity contribution in [2.75, 3.05) is 19.7 Å². The monoisotopic (exact) mass is 211 g/mol. The van der Waals surface area contributed by atoms with Gasteiger partial charge in [0, 0.05) is 6.61 Å². The molecule has 0 aliphatic carbocycles. The third-order valence-corrected chi connectivity index (χ3v) is 4.45. The Kier molecular flexibility index (Phi) is 3.36. The normalized spacial score (nSPS) is 42.4. The second-order valence-electron chi connectivity index (χ2n) is 5.80. The smallest absolute Gasteiger partial charge is 0.0552 e. The number of nitrogens with one attached hydrogen (secondary N) is 1. The van der Waals surface area contributed by atoms with Crippen LogP contribution in [0.4, 0.5) is 0 Å². The second-order valence-corrected chi connectivity index (χ2v) is 5.80. The molecule has 0 radical (unpaired) electrons. The van der Waals surface area contributed by atoms with E-state index in [0.717, 1.165) is 18.4 Å². The van der Waals surface area contributed by atoms with Gasteiger partial charge in [-0.3, -0.25) is 0 Å². The molecule has 0 saturated carbocycles. The lowest BCUT2D eigenvalue weighted by Gasteiger charge is -2.50. The molecule has 2 aliphatic rings. The zero-order valence-electron chi connectivity index (χ0n) is 10.4. The van der Waals surface area contributed by atoms with E-state index in [-0.39, 0.29) is 0 Å². The van der Waals surface area contributed by atoms with Crippen molar-refractivity contribution in [1.82, 2.24) is 5.32 Å². The highest BCUT2D eigenvalue weighted by Gasteiger charge is 2.44. The van der Waals surface area contributed by atoms with Crippen LogP contribution in [0.2, 0.25) is 0 Å². The van der Waals surface area contributed by atoms with Crippen LogP contribution in [0.25, 0.3) is 0 Å². The summed E-state index contributed by atoms with van der Waals surface area (Å²) in [7, 11) is 0. The molecule has 15 heavy (non-hydrogen) atoms. The van der Waals surface area contributed by atoms with E-state index >= 15 is 0 Å². The first-order chi connectivity index (χ1) is 7.14. The molecule has 3 atom stereocenters. The van der Waals surface area contributed by atoms with Crippen molar-refractivity contribution in [3.63, 3.8) is 0 Å². The van der Waals surface area contributed by atoms with Crippen LogP contribution in [0.1, 0.15) is 40.0 Å². The summed E-state index contributed by atoms with van der Waals surface area (Å²) in [4.78, 5) is 0. The molecule has 0 aromatic rings. The standard InChI is InChI=1S/C13H25NO/c1-10(2)12-9-14-6-4-13(12)5-7-15-11(3)8-13/h10-12,14H,4-9H2,1-3H3. The summed E-state index contributed by atoms with van der Waals surface area (Å²) < 4.78 is 5.71. The minimum atomic E-state index is 0.470. The molecule has 2 aliphatic heterocycles. The molecule has 2 nitrogen and oxygen atoms in total. The minimum Gasteiger partial charge on any atom is -0.378 e. The van der Waals surface area contributed by atoms with Crippen LogP contribution in [-0.2, 0) is 4.74 Å². The lowest BCUT2D eigenvalue weighted by Crippen LogP contribution is -2.51. The summed E-state index contributed by atoms with van der Waals surface area (Å²) in [6.45, 7) is 10.4. The summed E-state index contributed by atoms with van der Waals surface area (Å²) >= 11 is 0. The number of hydrogen-bond acceptors (Lipinski definition) is 2. The van der Waals surface area contributed by atoms with E-state index in [1.54, 1.807) is 0 Å². The Morgan fingerprint density at radius 3 is 2.80 bits per heavy atom. The number of ether oxygens (including phenoxy) is 1. The van der Waals surface area contributed by atoms with Crippen LogP contribution < -0.4 is 5.32 Å². The SMILES string of the molecule is CC1CC2(CCNCC2C(C)C)CCO1. The molecule has 0 bridgehead atoms. The van der Waals surface area contributed by atoms with Gasteiger partial charge in [-0.25, -0.2) is 0 Å². The molecule has 2 heterocycles. The molecule has 0 aromatic carbocycles. The van der Waals surface area contributed by atoms with Crippen molar-refractivity contribution in [2.45, 2.75) is 46.1 Å². The van der Waals surface area contributed by atoms with Crippen LogP contribution in [0.15, 0.2) is 0 Å². The van der Waals surface area contributed by atoms with Crippen LogP contribution >= 0.6 is 0 Å². The molecule has 2 heteroatoms. The highest BCUT2D eigenvalue weighted by Crippen LogP contribution is 2.47. The Morgan fingerprint density at radius 1 is 1.33 bits per heavy atom. The molecule has 3 unspecified atom stereocenters. The average Bonchev–Trinajstić information content (AvgIpc) is 2.17. The first-order valence-corrected chi connectivity index (χ1v) is 6.46. The van der Waals surface area contributed by atoms with Crippen molar-refractivity contribution in [1.29, 1.82) is 0 Å². The highest BCUT2D eigenvalue weighted by molar-refractivity contribution is 4.95. The van der Waals surface area contributed by atoms with Gasteiger partial charge in [0.15, 0.2) is 0 Å². The average molecular weight is 211 g/mol. The van der Waals surface area contributed by atoms with Crippen molar-refractivity contribution in [2.24, 2.45) is 17.3 Å². The molecule has 1 spiro atoms. The molecule has 88 valence electrons.